The van der Waals surface area contributed by atoms with Gasteiger partial charge in [-0.25, -0.2) is 9.97 Å². The summed E-state index contributed by atoms with van der Waals surface area (Å²) in [5.74, 6) is 0.305. The molecule has 1 aromatic heterocycles. The van der Waals surface area contributed by atoms with Crippen LogP contribution in [0.15, 0.2) is 6.20 Å². The Bertz CT molecular complexity index is 362. The molecule has 1 N–H and O–H groups in total. The average Bonchev–Trinajstić information content (AvgIpc) is 2.17. The second-order valence-corrected chi connectivity index (χ2v) is 3.55. The van der Waals surface area contributed by atoms with Crippen LogP contribution in [0.5, 0.6) is 0 Å². The van der Waals surface area contributed by atoms with E-state index >= 15 is 0 Å². The second-order valence-electron chi connectivity index (χ2n) is 3.55. The number of aryl methyl sites for hydroxylation is 2. The zero-order chi connectivity index (χ0) is 9.97. The molecular weight excluding hydrogens is 178 g/mol. The van der Waals surface area contributed by atoms with Crippen molar-refractivity contribution in [1.82, 2.24) is 9.97 Å². The minimum absolute atomic E-state index is 0.124. The highest BCUT2D eigenvalue weighted by molar-refractivity contribution is 5.86. The van der Waals surface area contributed by atoms with E-state index in [1.165, 1.54) is 25.3 Å². The Kier molecular flexibility index (Phi) is 2.43. The highest BCUT2D eigenvalue weighted by Gasteiger charge is 2.11. The Hall–Kier alpha value is -1.45. The molecule has 1 heterocycles. The van der Waals surface area contributed by atoms with Gasteiger partial charge in [-0.2, -0.15) is 0 Å². The summed E-state index contributed by atoms with van der Waals surface area (Å²) in [7, 11) is 0. The monoisotopic (exact) mass is 191 g/mol. The van der Waals surface area contributed by atoms with Crippen LogP contribution in [0.4, 0.5) is 5.95 Å². The molecule has 0 bridgehead atoms. The summed E-state index contributed by atoms with van der Waals surface area (Å²) in [4.78, 5) is 19.2. The van der Waals surface area contributed by atoms with Crippen LogP contribution in [0.1, 0.15) is 31.0 Å². The van der Waals surface area contributed by atoms with Crippen LogP contribution in [0.25, 0.3) is 0 Å². The molecule has 1 aromatic rings. The van der Waals surface area contributed by atoms with Gasteiger partial charge in [0.15, 0.2) is 0 Å². The van der Waals surface area contributed by atoms with Crippen LogP contribution < -0.4 is 5.32 Å². The fraction of sp³-hybridized carbons (Fsp3) is 0.500. The van der Waals surface area contributed by atoms with Gasteiger partial charge in [-0.3, -0.25) is 10.1 Å². The Balaban J connectivity index is 2.24. The van der Waals surface area contributed by atoms with E-state index in [1.54, 1.807) is 0 Å². The summed E-state index contributed by atoms with van der Waals surface area (Å²) >= 11 is 0. The summed E-state index contributed by atoms with van der Waals surface area (Å²) in [5.41, 5.74) is 2.32. The highest BCUT2D eigenvalue weighted by Crippen LogP contribution is 2.19. The van der Waals surface area contributed by atoms with Crippen molar-refractivity contribution < 1.29 is 4.79 Å². The third kappa shape index (κ3) is 1.89. The Labute approximate surface area is 82.8 Å². The summed E-state index contributed by atoms with van der Waals surface area (Å²) in [6.45, 7) is 1.46. The first-order valence-electron chi connectivity index (χ1n) is 4.88. The van der Waals surface area contributed by atoms with Gasteiger partial charge in [-0.15, -0.1) is 0 Å². The Morgan fingerprint density at radius 3 is 3.00 bits per heavy atom. The molecule has 0 saturated carbocycles. The van der Waals surface area contributed by atoms with Crippen molar-refractivity contribution in [2.75, 3.05) is 5.32 Å². The molecule has 4 heteroatoms. The first kappa shape index (κ1) is 9.12. The van der Waals surface area contributed by atoms with Gasteiger partial charge >= 0.3 is 0 Å². The first-order valence-corrected chi connectivity index (χ1v) is 4.88. The standard InChI is InChI=1S/C10H13N3O/c1-7(14)12-10-11-6-8-4-2-3-5-9(8)13-10/h6H,2-5H2,1H3,(H,11,12,13,14). The number of carbonyl (C=O) groups excluding carboxylic acids is 1. The Morgan fingerprint density at radius 1 is 1.43 bits per heavy atom. The fourth-order valence-electron chi connectivity index (χ4n) is 1.69. The van der Waals surface area contributed by atoms with Gasteiger partial charge < -0.3 is 0 Å². The number of nitrogens with zero attached hydrogens (tertiary/aromatic N) is 2. The van der Waals surface area contributed by atoms with Crippen molar-refractivity contribution >= 4 is 11.9 Å². The van der Waals surface area contributed by atoms with Gasteiger partial charge in [0.1, 0.15) is 0 Å². The number of amides is 1. The molecule has 0 saturated heterocycles. The van der Waals surface area contributed by atoms with E-state index < -0.39 is 0 Å². The predicted molar refractivity (Wildman–Crippen MR) is 53.0 cm³/mol. The van der Waals surface area contributed by atoms with Crippen LogP contribution in [0, 0.1) is 0 Å². The molecule has 1 amide bonds. The van der Waals surface area contributed by atoms with E-state index in [-0.39, 0.29) is 5.91 Å². The SMILES string of the molecule is CC(=O)Nc1ncc2c(n1)CCCC2. The maximum Gasteiger partial charge on any atom is 0.229 e. The van der Waals surface area contributed by atoms with Gasteiger partial charge in [-0.1, -0.05) is 0 Å². The average molecular weight is 191 g/mol. The van der Waals surface area contributed by atoms with Crippen LogP contribution in [0.2, 0.25) is 0 Å². The van der Waals surface area contributed by atoms with Gasteiger partial charge in [0.2, 0.25) is 11.9 Å². The lowest BCUT2D eigenvalue weighted by Crippen LogP contribution is -2.13. The molecular formula is C10H13N3O. The lowest BCUT2D eigenvalue weighted by molar-refractivity contribution is -0.114. The van der Waals surface area contributed by atoms with E-state index in [2.05, 4.69) is 15.3 Å². The minimum atomic E-state index is -0.124. The van der Waals surface area contributed by atoms with Crippen LogP contribution in [-0.2, 0) is 17.6 Å². The molecule has 0 spiro atoms. The van der Waals surface area contributed by atoms with E-state index in [4.69, 9.17) is 0 Å². The van der Waals surface area contributed by atoms with Crippen LogP contribution in [0.3, 0.4) is 0 Å². The number of nitrogens with one attached hydrogen (secondary N) is 1. The molecule has 0 atom stereocenters. The van der Waals surface area contributed by atoms with E-state index in [9.17, 15) is 4.79 Å². The second kappa shape index (κ2) is 3.74. The molecule has 0 fully saturated rings. The zero-order valence-corrected chi connectivity index (χ0v) is 8.21. The highest BCUT2D eigenvalue weighted by atomic mass is 16.1. The van der Waals surface area contributed by atoms with E-state index in [0.29, 0.717) is 5.95 Å². The van der Waals surface area contributed by atoms with Gasteiger partial charge in [0, 0.05) is 18.8 Å². The lowest BCUT2D eigenvalue weighted by atomic mass is 9.98. The molecule has 14 heavy (non-hydrogen) atoms. The third-order valence-corrected chi connectivity index (χ3v) is 2.35. The number of hydrogen-bond acceptors (Lipinski definition) is 3. The topological polar surface area (TPSA) is 54.9 Å². The van der Waals surface area contributed by atoms with Crippen LogP contribution >= 0.6 is 0 Å². The molecule has 74 valence electrons. The minimum Gasteiger partial charge on any atom is -0.295 e. The summed E-state index contributed by atoms with van der Waals surface area (Å²) in [6.07, 6.45) is 6.30. The van der Waals surface area contributed by atoms with E-state index in [1.807, 2.05) is 6.20 Å². The van der Waals surface area contributed by atoms with Crippen molar-refractivity contribution in [3.63, 3.8) is 0 Å². The van der Waals surface area contributed by atoms with Gasteiger partial charge in [-0.05, 0) is 31.2 Å². The van der Waals surface area contributed by atoms with Crippen molar-refractivity contribution in [3.05, 3.63) is 17.5 Å². The molecule has 0 aromatic carbocycles. The third-order valence-electron chi connectivity index (χ3n) is 2.35. The maximum atomic E-state index is 10.8. The van der Waals surface area contributed by atoms with Gasteiger partial charge in [0.25, 0.3) is 0 Å². The fourth-order valence-corrected chi connectivity index (χ4v) is 1.69. The molecule has 0 aliphatic heterocycles. The number of carbonyl (C=O) groups is 1. The molecule has 4 nitrogen and oxygen atoms in total. The predicted octanol–water partition coefficient (Wildman–Crippen LogP) is 1.31. The summed E-state index contributed by atoms with van der Waals surface area (Å²) in [6, 6.07) is 0. The van der Waals surface area contributed by atoms with E-state index in [0.717, 1.165) is 18.5 Å². The summed E-state index contributed by atoms with van der Waals surface area (Å²) < 4.78 is 0. The normalized spacial score (nSPS) is 14.6. The lowest BCUT2D eigenvalue weighted by Gasteiger charge is -2.14. The number of fused-ring (bicyclic) bond motifs is 1. The quantitative estimate of drug-likeness (QED) is 0.728. The summed E-state index contributed by atoms with van der Waals surface area (Å²) in [5, 5.41) is 2.59. The number of rotatable bonds is 1. The zero-order valence-electron chi connectivity index (χ0n) is 8.21. The number of hydrogen-bond donors (Lipinski definition) is 1. The Morgan fingerprint density at radius 2 is 2.21 bits per heavy atom. The number of anilines is 1. The maximum absolute atomic E-state index is 10.8. The van der Waals surface area contributed by atoms with Crippen molar-refractivity contribution in [3.8, 4) is 0 Å². The molecule has 0 unspecified atom stereocenters. The smallest absolute Gasteiger partial charge is 0.229 e. The van der Waals surface area contributed by atoms with Crippen molar-refractivity contribution in [2.24, 2.45) is 0 Å². The molecule has 2 rings (SSSR count). The van der Waals surface area contributed by atoms with Crippen LogP contribution in [-0.4, -0.2) is 15.9 Å². The molecule has 1 aliphatic carbocycles. The molecule has 0 radical (unpaired) electrons. The largest absolute Gasteiger partial charge is 0.295 e. The number of aromatic nitrogens is 2. The molecule has 1 aliphatic rings. The van der Waals surface area contributed by atoms with Crippen molar-refractivity contribution in [2.45, 2.75) is 32.6 Å². The first-order chi connectivity index (χ1) is 6.75. The van der Waals surface area contributed by atoms with Gasteiger partial charge in [0.05, 0.1) is 0 Å². The van der Waals surface area contributed by atoms with Crippen molar-refractivity contribution in [1.29, 1.82) is 0 Å².